The molecule has 0 aliphatic rings. The van der Waals surface area contributed by atoms with Crippen molar-refractivity contribution in [3.63, 3.8) is 0 Å². The second-order valence-corrected chi connectivity index (χ2v) is 4.26. The van der Waals surface area contributed by atoms with Crippen LogP contribution in [0.4, 0.5) is 4.39 Å². The molecule has 0 radical (unpaired) electrons. The molecule has 0 saturated carbocycles. The van der Waals surface area contributed by atoms with Gasteiger partial charge in [0.25, 0.3) is 0 Å². The first-order valence-electron chi connectivity index (χ1n) is 5.60. The number of allylic oxidation sites excluding steroid dienone is 2. The first kappa shape index (κ1) is 12.6. The Morgan fingerprint density at radius 3 is 1.67 bits per heavy atom. The molecule has 0 bridgehead atoms. The van der Waals surface area contributed by atoms with Crippen LogP contribution in [0.15, 0.2) is 60.7 Å². The molecule has 0 amide bonds. The molecular formula is C16H12ClF. The van der Waals surface area contributed by atoms with Crippen LogP contribution in [0.2, 0.25) is 5.02 Å². The average Bonchev–Trinajstić information content (AvgIpc) is 2.39. The Morgan fingerprint density at radius 1 is 0.722 bits per heavy atom. The lowest BCUT2D eigenvalue weighted by molar-refractivity contribution is 0.628. The molecule has 0 heterocycles. The summed E-state index contributed by atoms with van der Waals surface area (Å²) in [7, 11) is 0. The van der Waals surface area contributed by atoms with Gasteiger partial charge in [-0.15, -0.1) is 0 Å². The van der Waals surface area contributed by atoms with Crippen molar-refractivity contribution in [3.8, 4) is 0 Å². The summed E-state index contributed by atoms with van der Waals surface area (Å²) >= 11 is 5.80. The van der Waals surface area contributed by atoms with E-state index in [4.69, 9.17) is 11.6 Å². The third-order valence-corrected chi connectivity index (χ3v) is 2.68. The van der Waals surface area contributed by atoms with E-state index < -0.39 is 0 Å². The van der Waals surface area contributed by atoms with Gasteiger partial charge >= 0.3 is 0 Å². The highest BCUT2D eigenvalue weighted by Crippen LogP contribution is 2.11. The van der Waals surface area contributed by atoms with Gasteiger partial charge in [-0.2, -0.15) is 0 Å². The lowest BCUT2D eigenvalue weighted by Crippen LogP contribution is -1.73. The molecule has 0 spiro atoms. The van der Waals surface area contributed by atoms with Gasteiger partial charge in [-0.25, -0.2) is 4.39 Å². The monoisotopic (exact) mass is 258 g/mol. The summed E-state index contributed by atoms with van der Waals surface area (Å²) in [6.07, 6.45) is 7.76. The Kier molecular flexibility index (Phi) is 4.32. The fourth-order valence-corrected chi connectivity index (χ4v) is 1.61. The summed E-state index contributed by atoms with van der Waals surface area (Å²) < 4.78 is 12.7. The third kappa shape index (κ3) is 3.86. The van der Waals surface area contributed by atoms with Gasteiger partial charge in [0.2, 0.25) is 0 Å². The SMILES string of the molecule is Fc1ccc(/C=C/C=C/c2ccc(Cl)cc2)cc1. The van der Waals surface area contributed by atoms with Gasteiger partial charge in [-0.05, 0) is 35.4 Å². The second kappa shape index (κ2) is 6.18. The van der Waals surface area contributed by atoms with Crippen molar-refractivity contribution in [2.24, 2.45) is 0 Å². The van der Waals surface area contributed by atoms with Crippen LogP contribution in [0.1, 0.15) is 11.1 Å². The highest BCUT2D eigenvalue weighted by Gasteiger charge is 1.88. The highest BCUT2D eigenvalue weighted by atomic mass is 35.5. The summed E-state index contributed by atoms with van der Waals surface area (Å²) in [6, 6.07) is 14.0. The first-order chi connectivity index (χ1) is 8.74. The van der Waals surface area contributed by atoms with Crippen LogP contribution in [0.5, 0.6) is 0 Å². The Labute approximate surface area is 111 Å². The van der Waals surface area contributed by atoms with Gasteiger partial charge in [-0.1, -0.05) is 60.2 Å². The van der Waals surface area contributed by atoms with E-state index in [-0.39, 0.29) is 5.82 Å². The van der Waals surface area contributed by atoms with E-state index in [0.29, 0.717) is 0 Å². The molecule has 2 heteroatoms. The summed E-state index contributed by atoms with van der Waals surface area (Å²) in [5, 5.41) is 0.731. The number of hydrogen-bond donors (Lipinski definition) is 0. The van der Waals surface area contributed by atoms with Crippen molar-refractivity contribution in [2.75, 3.05) is 0 Å². The molecule has 0 aromatic heterocycles. The predicted molar refractivity (Wildman–Crippen MR) is 75.9 cm³/mol. The molecule has 0 N–H and O–H groups in total. The van der Waals surface area contributed by atoms with E-state index in [9.17, 15) is 4.39 Å². The second-order valence-electron chi connectivity index (χ2n) is 3.82. The molecule has 0 nitrogen and oxygen atoms in total. The van der Waals surface area contributed by atoms with Crippen molar-refractivity contribution in [1.82, 2.24) is 0 Å². The van der Waals surface area contributed by atoms with Gasteiger partial charge < -0.3 is 0 Å². The maximum atomic E-state index is 12.7. The largest absolute Gasteiger partial charge is 0.207 e. The van der Waals surface area contributed by atoms with Crippen LogP contribution in [0.25, 0.3) is 12.2 Å². The molecule has 0 aliphatic heterocycles. The molecule has 18 heavy (non-hydrogen) atoms. The zero-order valence-corrected chi connectivity index (χ0v) is 10.4. The minimum absolute atomic E-state index is 0.219. The molecule has 2 aromatic rings. The quantitative estimate of drug-likeness (QED) is 0.664. The number of rotatable bonds is 3. The number of halogens is 2. The molecule has 90 valence electrons. The zero-order chi connectivity index (χ0) is 12.8. The van der Waals surface area contributed by atoms with Crippen molar-refractivity contribution in [2.45, 2.75) is 0 Å². The zero-order valence-electron chi connectivity index (χ0n) is 9.68. The van der Waals surface area contributed by atoms with E-state index in [0.717, 1.165) is 16.1 Å². The fourth-order valence-electron chi connectivity index (χ4n) is 1.48. The topological polar surface area (TPSA) is 0 Å². The summed E-state index contributed by atoms with van der Waals surface area (Å²) in [6.45, 7) is 0. The Balaban J connectivity index is 1.98. The van der Waals surface area contributed by atoms with E-state index in [2.05, 4.69) is 0 Å². The lowest BCUT2D eigenvalue weighted by Gasteiger charge is -1.92. The Bertz CT molecular complexity index is 497. The molecule has 0 fully saturated rings. The molecule has 0 unspecified atom stereocenters. The number of hydrogen-bond acceptors (Lipinski definition) is 0. The van der Waals surface area contributed by atoms with Gasteiger partial charge in [0.05, 0.1) is 0 Å². The van der Waals surface area contributed by atoms with Crippen molar-refractivity contribution >= 4 is 23.8 Å². The van der Waals surface area contributed by atoms with E-state index in [1.54, 1.807) is 12.1 Å². The lowest BCUT2D eigenvalue weighted by atomic mass is 10.2. The van der Waals surface area contributed by atoms with Crippen LogP contribution in [0, 0.1) is 5.82 Å². The summed E-state index contributed by atoms with van der Waals surface area (Å²) in [5.41, 5.74) is 2.06. The van der Waals surface area contributed by atoms with Gasteiger partial charge in [0.15, 0.2) is 0 Å². The van der Waals surface area contributed by atoms with Crippen LogP contribution in [-0.2, 0) is 0 Å². The Morgan fingerprint density at radius 2 is 1.17 bits per heavy atom. The molecule has 2 aromatic carbocycles. The maximum absolute atomic E-state index is 12.7. The standard InChI is InChI=1S/C16H12ClF/c17-15-9-5-13(6-10-15)3-1-2-4-14-7-11-16(18)12-8-14/h1-12H/b3-1+,4-2+. The van der Waals surface area contributed by atoms with E-state index in [1.807, 2.05) is 48.6 Å². The first-order valence-corrected chi connectivity index (χ1v) is 5.98. The highest BCUT2D eigenvalue weighted by molar-refractivity contribution is 6.30. The Hall–Kier alpha value is -1.86. The van der Waals surface area contributed by atoms with Crippen molar-refractivity contribution in [3.05, 3.63) is 82.6 Å². The van der Waals surface area contributed by atoms with E-state index >= 15 is 0 Å². The molecular weight excluding hydrogens is 247 g/mol. The van der Waals surface area contributed by atoms with Gasteiger partial charge in [0.1, 0.15) is 5.82 Å². The van der Waals surface area contributed by atoms with Gasteiger partial charge in [-0.3, -0.25) is 0 Å². The van der Waals surface area contributed by atoms with Crippen molar-refractivity contribution < 1.29 is 4.39 Å². The summed E-state index contributed by atoms with van der Waals surface area (Å²) in [5.74, 6) is -0.219. The molecule has 0 atom stereocenters. The third-order valence-electron chi connectivity index (χ3n) is 2.43. The average molecular weight is 259 g/mol. The maximum Gasteiger partial charge on any atom is 0.123 e. The smallest absolute Gasteiger partial charge is 0.123 e. The minimum Gasteiger partial charge on any atom is -0.207 e. The normalized spacial score (nSPS) is 11.4. The molecule has 2 rings (SSSR count). The van der Waals surface area contributed by atoms with Gasteiger partial charge in [0, 0.05) is 5.02 Å². The van der Waals surface area contributed by atoms with Crippen LogP contribution in [0.3, 0.4) is 0 Å². The summed E-state index contributed by atoms with van der Waals surface area (Å²) in [4.78, 5) is 0. The van der Waals surface area contributed by atoms with Crippen molar-refractivity contribution in [1.29, 1.82) is 0 Å². The minimum atomic E-state index is -0.219. The van der Waals surface area contributed by atoms with Crippen LogP contribution >= 0.6 is 11.6 Å². The predicted octanol–water partition coefficient (Wildman–Crippen LogP) is 5.21. The number of benzene rings is 2. The fraction of sp³-hybridized carbons (Fsp3) is 0. The van der Waals surface area contributed by atoms with Crippen LogP contribution < -0.4 is 0 Å². The van der Waals surface area contributed by atoms with Crippen LogP contribution in [-0.4, -0.2) is 0 Å². The molecule has 0 saturated heterocycles. The van der Waals surface area contributed by atoms with E-state index in [1.165, 1.54) is 12.1 Å². The molecule has 0 aliphatic carbocycles.